The number of imidazole rings is 1. The van der Waals surface area contributed by atoms with Crippen molar-refractivity contribution in [2.45, 2.75) is 12.8 Å². The van der Waals surface area contributed by atoms with Crippen LogP contribution < -0.4 is 24.4 Å². The molecule has 30 heavy (non-hydrogen) atoms. The van der Waals surface area contributed by atoms with Crippen LogP contribution in [-0.4, -0.2) is 60.3 Å². The van der Waals surface area contributed by atoms with Gasteiger partial charge in [-0.3, -0.25) is 4.79 Å². The standard InChI is InChI=1S/C20H24N6O4/c1-28-14-7-13(8-15(29-2)17(14)30-3)25-20(27)12-5-4-6-26(9-12)19-16-18(22-10-21-16)23-11-24-19/h7-8,10-12H,4-6,9H2,1-3H3,(H,25,27)(H,21,22,23,24)/t12-/m1/s1. The van der Waals surface area contributed by atoms with Crippen LogP contribution in [0.5, 0.6) is 17.2 Å². The van der Waals surface area contributed by atoms with Gasteiger partial charge < -0.3 is 29.4 Å². The van der Waals surface area contributed by atoms with E-state index in [1.54, 1.807) is 39.8 Å². The van der Waals surface area contributed by atoms with E-state index in [-0.39, 0.29) is 11.8 Å². The van der Waals surface area contributed by atoms with Gasteiger partial charge in [-0.25, -0.2) is 15.0 Å². The van der Waals surface area contributed by atoms with E-state index in [2.05, 4.69) is 30.2 Å². The molecule has 1 aromatic carbocycles. The summed E-state index contributed by atoms with van der Waals surface area (Å²) in [6.45, 7) is 1.38. The molecule has 1 atom stereocenters. The molecule has 0 spiro atoms. The molecule has 10 heteroatoms. The second-order valence-electron chi connectivity index (χ2n) is 6.99. The molecule has 4 rings (SSSR count). The molecule has 0 bridgehead atoms. The Morgan fingerprint density at radius 1 is 1.13 bits per heavy atom. The molecule has 0 saturated carbocycles. The summed E-state index contributed by atoms with van der Waals surface area (Å²) in [5.41, 5.74) is 1.98. The lowest BCUT2D eigenvalue weighted by atomic mass is 9.97. The molecule has 3 aromatic rings. The van der Waals surface area contributed by atoms with E-state index in [9.17, 15) is 4.79 Å². The largest absolute Gasteiger partial charge is 0.493 e. The van der Waals surface area contributed by atoms with Crippen LogP contribution in [0.25, 0.3) is 11.2 Å². The van der Waals surface area contributed by atoms with E-state index in [4.69, 9.17) is 14.2 Å². The third-order valence-electron chi connectivity index (χ3n) is 5.23. The Morgan fingerprint density at radius 2 is 1.90 bits per heavy atom. The smallest absolute Gasteiger partial charge is 0.229 e. The summed E-state index contributed by atoms with van der Waals surface area (Å²) in [6.07, 6.45) is 4.77. The molecule has 1 aliphatic heterocycles. The molecule has 0 radical (unpaired) electrons. The van der Waals surface area contributed by atoms with Crippen molar-refractivity contribution in [1.29, 1.82) is 0 Å². The van der Waals surface area contributed by atoms with Crippen molar-refractivity contribution >= 4 is 28.6 Å². The molecular formula is C20H24N6O4. The number of aromatic amines is 1. The second kappa shape index (κ2) is 8.44. The van der Waals surface area contributed by atoms with E-state index in [0.29, 0.717) is 35.1 Å². The number of H-pyrrole nitrogens is 1. The quantitative estimate of drug-likeness (QED) is 0.633. The van der Waals surface area contributed by atoms with Crippen molar-refractivity contribution in [2.75, 3.05) is 44.6 Å². The van der Waals surface area contributed by atoms with Crippen molar-refractivity contribution in [3.05, 3.63) is 24.8 Å². The van der Waals surface area contributed by atoms with Crippen LogP contribution in [0, 0.1) is 5.92 Å². The van der Waals surface area contributed by atoms with Gasteiger partial charge in [0.05, 0.1) is 33.6 Å². The summed E-state index contributed by atoms with van der Waals surface area (Å²) >= 11 is 0. The summed E-state index contributed by atoms with van der Waals surface area (Å²) in [7, 11) is 4.62. The maximum Gasteiger partial charge on any atom is 0.229 e. The number of rotatable bonds is 6. The van der Waals surface area contributed by atoms with Crippen LogP contribution >= 0.6 is 0 Å². The van der Waals surface area contributed by atoms with Crippen molar-refractivity contribution < 1.29 is 19.0 Å². The first-order valence-corrected chi connectivity index (χ1v) is 9.64. The number of nitrogens with one attached hydrogen (secondary N) is 2. The summed E-state index contributed by atoms with van der Waals surface area (Å²) in [5.74, 6) is 1.96. The van der Waals surface area contributed by atoms with Gasteiger partial charge in [-0.15, -0.1) is 0 Å². The average Bonchev–Trinajstić information content (AvgIpc) is 3.27. The molecule has 158 valence electrons. The lowest BCUT2D eigenvalue weighted by Crippen LogP contribution is -2.41. The van der Waals surface area contributed by atoms with Gasteiger partial charge in [0.2, 0.25) is 11.7 Å². The van der Waals surface area contributed by atoms with Crippen LogP contribution in [0.2, 0.25) is 0 Å². The normalized spacial score (nSPS) is 16.4. The highest BCUT2D eigenvalue weighted by molar-refractivity contribution is 5.94. The third kappa shape index (κ3) is 3.68. The average molecular weight is 412 g/mol. The first-order chi connectivity index (χ1) is 14.6. The molecule has 10 nitrogen and oxygen atoms in total. The highest BCUT2D eigenvalue weighted by Gasteiger charge is 2.28. The molecule has 1 saturated heterocycles. The zero-order chi connectivity index (χ0) is 21.1. The predicted octanol–water partition coefficient (Wildman–Crippen LogP) is 2.23. The van der Waals surface area contributed by atoms with Crippen molar-refractivity contribution in [3.8, 4) is 17.2 Å². The minimum absolute atomic E-state index is 0.0658. The van der Waals surface area contributed by atoms with E-state index in [1.807, 2.05) is 0 Å². The summed E-state index contributed by atoms with van der Waals surface area (Å²) in [4.78, 5) is 31.0. The number of nitrogens with zero attached hydrogens (tertiary/aromatic N) is 4. The number of amides is 1. The van der Waals surface area contributed by atoms with Gasteiger partial charge in [0.25, 0.3) is 0 Å². The predicted molar refractivity (Wildman–Crippen MR) is 111 cm³/mol. The first-order valence-electron chi connectivity index (χ1n) is 9.64. The van der Waals surface area contributed by atoms with Gasteiger partial charge in [-0.1, -0.05) is 0 Å². The van der Waals surface area contributed by atoms with Gasteiger partial charge in [0.15, 0.2) is 23.0 Å². The third-order valence-corrected chi connectivity index (χ3v) is 5.23. The first kappa shape index (κ1) is 19.7. The van der Waals surface area contributed by atoms with E-state index in [1.165, 1.54) is 6.33 Å². The minimum atomic E-state index is -0.189. The maximum absolute atomic E-state index is 13.0. The van der Waals surface area contributed by atoms with Crippen LogP contribution in [0.4, 0.5) is 11.5 Å². The SMILES string of the molecule is COc1cc(NC(=O)[C@@H]2CCCN(c3ncnc4nc[nH]c34)C2)cc(OC)c1OC. The van der Waals surface area contributed by atoms with Crippen molar-refractivity contribution in [1.82, 2.24) is 19.9 Å². The lowest BCUT2D eigenvalue weighted by Gasteiger charge is -2.32. The molecule has 1 amide bonds. The fourth-order valence-electron chi connectivity index (χ4n) is 3.77. The monoisotopic (exact) mass is 412 g/mol. The van der Waals surface area contributed by atoms with E-state index >= 15 is 0 Å². The lowest BCUT2D eigenvalue weighted by molar-refractivity contribution is -0.120. The second-order valence-corrected chi connectivity index (χ2v) is 6.99. The molecule has 2 aromatic heterocycles. The summed E-state index contributed by atoms with van der Waals surface area (Å²) in [5, 5.41) is 2.98. The van der Waals surface area contributed by atoms with Gasteiger partial charge in [-0.2, -0.15) is 0 Å². The Balaban J connectivity index is 1.52. The van der Waals surface area contributed by atoms with Gasteiger partial charge in [0.1, 0.15) is 11.8 Å². The highest BCUT2D eigenvalue weighted by atomic mass is 16.5. The number of fused-ring (bicyclic) bond motifs is 1. The molecule has 1 aliphatic rings. The van der Waals surface area contributed by atoms with Crippen molar-refractivity contribution in [2.24, 2.45) is 5.92 Å². The number of benzene rings is 1. The van der Waals surface area contributed by atoms with Gasteiger partial charge >= 0.3 is 0 Å². The van der Waals surface area contributed by atoms with Crippen molar-refractivity contribution in [3.63, 3.8) is 0 Å². The topological polar surface area (TPSA) is 114 Å². The van der Waals surface area contributed by atoms with Gasteiger partial charge in [0, 0.05) is 30.9 Å². The fourth-order valence-corrected chi connectivity index (χ4v) is 3.77. The summed E-state index contributed by atoms with van der Waals surface area (Å²) < 4.78 is 16.1. The molecule has 0 unspecified atom stereocenters. The number of carbonyl (C=O) groups excluding carboxylic acids is 1. The number of aromatic nitrogens is 4. The molecule has 2 N–H and O–H groups in total. The Bertz CT molecular complexity index is 1030. The molecule has 0 aliphatic carbocycles. The Kier molecular flexibility index (Phi) is 5.55. The number of piperidine rings is 1. The van der Waals surface area contributed by atoms with E-state index < -0.39 is 0 Å². The number of carbonyl (C=O) groups is 1. The minimum Gasteiger partial charge on any atom is -0.493 e. The number of anilines is 2. The molecule has 3 heterocycles. The zero-order valence-electron chi connectivity index (χ0n) is 17.1. The Hall–Kier alpha value is -3.56. The Labute approximate surface area is 173 Å². The number of methoxy groups -OCH3 is 3. The molecular weight excluding hydrogens is 388 g/mol. The Morgan fingerprint density at radius 3 is 2.60 bits per heavy atom. The van der Waals surface area contributed by atoms with Crippen LogP contribution in [0.3, 0.4) is 0 Å². The fraction of sp³-hybridized carbons (Fsp3) is 0.400. The number of hydrogen-bond donors (Lipinski definition) is 2. The number of hydrogen-bond acceptors (Lipinski definition) is 8. The van der Waals surface area contributed by atoms with Crippen LogP contribution in [0.1, 0.15) is 12.8 Å². The van der Waals surface area contributed by atoms with Crippen LogP contribution in [-0.2, 0) is 4.79 Å². The zero-order valence-corrected chi connectivity index (χ0v) is 17.1. The number of ether oxygens (including phenoxy) is 3. The van der Waals surface area contributed by atoms with E-state index in [0.717, 1.165) is 30.7 Å². The summed E-state index contributed by atoms with van der Waals surface area (Å²) in [6, 6.07) is 3.44. The highest BCUT2D eigenvalue weighted by Crippen LogP contribution is 2.40. The molecule has 1 fully saturated rings. The van der Waals surface area contributed by atoms with Gasteiger partial charge in [-0.05, 0) is 12.8 Å². The maximum atomic E-state index is 13.0. The van der Waals surface area contributed by atoms with Crippen LogP contribution in [0.15, 0.2) is 24.8 Å².